The zero-order valence-electron chi connectivity index (χ0n) is 10.3. The van der Waals surface area contributed by atoms with Crippen LogP contribution in [0.15, 0.2) is 29.2 Å². The molecule has 0 aliphatic carbocycles. The predicted octanol–water partition coefficient (Wildman–Crippen LogP) is 1.28. The molecular weight excluding hydrogens is 250 g/mol. The number of benzene rings is 1. The minimum Gasteiger partial charge on any atom is -0.379 e. The summed E-state index contributed by atoms with van der Waals surface area (Å²) in [6.07, 6.45) is 0.922. The topological polar surface area (TPSA) is 55.4 Å². The molecular formula is C13H17NO3S. The number of hydrogen-bond acceptors (Lipinski definition) is 4. The lowest BCUT2D eigenvalue weighted by Gasteiger charge is -2.28. The molecule has 0 bridgehead atoms. The molecule has 1 N–H and O–H groups in total. The summed E-state index contributed by atoms with van der Waals surface area (Å²) >= 11 is 0. The highest BCUT2D eigenvalue weighted by Gasteiger charge is 2.39. The highest BCUT2D eigenvalue weighted by atomic mass is 32.2. The second kappa shape index (κ2) is 4.05. The van der Waals surface area contributed by atoms with Crippen molar-refractivity contribution in [1.29, 1.82) is 0 Å². The third kappa shape index (κ3) is 1.96. The van der Waals surface area contributed by atoms with Crippen LogP contribution in [0.4, 0.5) is 0 Å². The average Bonchev–Trinajstić information content (AvgIpc) is 2.84. The van der Waals surface area contributed by atoms with Gasteiger partial charge in [-0.1, -0.05) is 18.2 Å². The van der Waals surface area contributed by atoms with Gasteiger partial charge in [0.15, 0.2) is 9.84 Å². The van der Waals surface area contributed by atoms with Crippen molar-refractivity contribution in [3.63, 3.8) is 0 Å². The number of rotatable bonds is 2. The van der Waals surface area contributed by atoms with E-state index in [0.717, 1.165) is 18.6 Å². The van der Waals surface area contributed by atoms with Gasteiger partial charge in [-0.05, 0) is 25.0 Å². The van der Waals surface area contributed by atoms with Gasteiger partial charge in [0.05, 0.1) is 17.3 Å². The molecule has 98 valence electrons. The first kappa shape index (κ1) is 12.1. The van der Waals surface area contributed by atoms with Crippen molar-refractivity contribution in [2.24, 2.45) is 0 Å². The van der Waals surface area contributed by atoms with Crippen LogP contribution in [0.5, 0.6) is 0 Å². The Labute approximate surface area is 107 Å². The SMILES string of the molecule is CC1(NC2CS(=O)(=O)c3ccccc32)CCOC1. The Hall–Kier alpha value is -0.910. The lowest BCUT2D eigenvalue weighted by molar-refractivity contribution is 0.168. The molecule has 0 saturated carbocycles. The van der Waals surface area contributed by atoms with Crippen LogP contribution in [0.1, 0.15) is 24.9 Å². The van der Waals surface area contributed by atoms with Crippen LogP contribution in [-0.2, 0) is 14.6 Å². The Morgan fingerprint density at radius 2 is 2.17 bits per heavy atom. The molecule has 2 aliphatic rings. The first-order valence-corrected chi connectivity index (χ1v) is 7.83. The summed E-state index contributed by atoms with van der Waals surface area (Å²) in [5.41, 5.74) is 0.781. The summed E-state index contributed by atoms with van der Waals surface area (Å²) in [4.78, 5) is 0.477. The summed E-state index contributed by atoms with van der Waals surface area (Å²) in [6, 6.07) is 7.15. The second-order valence-corrected chi connectivity index (χ2v) is 7.38. The summed E-state index contributed by atoms with van der Waals surface area (Å²) in [6.45, 7) is 3.48. The molecule has 1 saturated heterocycles. The molecule has 5 heteroatoms. The van der Waals surface area contributed by atoms with Crippen LogP contribution < -0.4 is 5.32 Å². The van der Waals surface area contributed by atoms with E-state index in [1.165, 1.54) is 0 Å². The summed E-state index contributed by atoms with van der Waals surface area (Å²) in [5, 5.41) is 3.46. The first-order valence-electron chi connectivity index (χ1n) is 6.17. The molecule has 18 heavy (non-hydrogen) atoms. The van der Waals surface area contributed by atoms with Crippen molar-refractivity contribution in [2.45, 2.75) is 29.8 Å². The van der Waals surface area contributed by atoms with E-state index in [2.05, 4.69) is 12.2 Å². The maximum Gasteiger partial charge on any atom is 0.180 e. The average molecular weight is 267 g/mol. The van der Waals surface area contributed by atoms with Gasteiger partial charge in [-0.25, -0.2) is 8.42 Å². The highest BCUT2D eigenvalue weighted by Crippen LogP contribution is 2.35. The minimum atomic E-state index is -3.13. The van der Waals surface area contributed by atoms with Crippen molar-refractivity contribution < 1.29 is 13.2 Å². The van der Waals surface area contributed by atoms with Crippen molar-refractivity contribution in [1.82, 2.24) is 5.32 Å². The quantitative estimate of drug-likeness (QED) is 0.877. The van der Waals surface area contributed by atoms with Crippen LogP contribution in [0, 0.1) is 0 Å². The van der Waals surface area contributed by atoms with Gasteiger partial charge in [0, 0.05) is 18.2 Å². The van der Waals surface area contributed by atoms with Gasteiger partial charge in [0.2, 0.25) is 0 Å². The van der Waals surface area contributed by atoms with Gasteiger partial charge >= 0.3 is 0 Å². The Balaban J connectivity index is 1.92. The monoisotopic (exact) mass is 267 g/mol. The van der Waals surface area contributed by atoms with Crippen LogP contribution in [0.2, 0.25) is 0 Å². The van der Waals surface area contributed by atoms with Gasteiger partial charge in [-0.15, -0.1) is 0 Å². The van der Waals surface area contributed by atoms with Gasteiger partial charge in [0.1, 0.15) is 0 Å². The molecule has 1 fully saturated rings. The lowest BCUT2D eigenvalue weighted by Crippen LogP contribution is -2.45. The lowest BCUT2D eigenvalue weighted by atomic mass is 9.98. The van der Waals surface area contributed by atoms with Crippen molar-refractivity contribution in [3.05, 3.63) is 29.8 Å². The van der Waals surface area contributed by atoms with E-state index >= 15 is 0 Å². The molecule has 2 aliphatic heterocycles. The first-order chi connectivity index (χ1) is 8.50. The number of hydrogen-bond donors (Lipinski definition) is 1. The van der Waals surface area contributed by atoms with Gasteiger partial charge in [-0.2, -0.15) is 0 Å². The largest absolute Gasteiger partial charge is 0.379 e. The molecule has 2 heterocycles. The fourth-order valence-electron chi connectivity index (χ4n) is 2.77. The molecule has 1 aromatic rings. The molecule has 2 unspecified atom stereocenters. The van der Waals surface area contributed by atoms with E-state index in [0.29, 0.717) is 11.5 Å². The summed E-state index contributed by atoms with van der Waals surface area (Å²) in [5.74, 6) is 0.155. The van der Waals surface area contributed by atoms with Crippen LogP contribution in [-0.4, -0.2) is 32.9 Å². The van der Waals surface area contributed by atoms with E-state index in [9.17, 15) is 8.42 Å². The molecule has 4 nitrogen and oxygen atoms in total. The van der Waals surface area contributed by atoms with Crippen molar-refractivity contribution in [2.75, 3.05) is 19.0 Å². The van der Waals surface area contributed by atoms with Crippen molar-refractivity contribution >= 4 is 9.84 Å². The number of sulfone groups is 1. The zero-order valence-corrected chi connectivity index (χ0v) is 11.2. The molecule has 0 spiro atoms. The summed E-state index contributed by atoms with van der Waals surface area (Å²) in [7, 11) is -3.13. The second-order valence-electron chi connectivity index (χ2n) is 5.38. The van der Waals surface area contributed by atoms with E-state index < -0.39 is 9.84 Å². The van der Waals surface area contributed by atoms with Crippen molar-refractivity contribution in [3.8, 4) is 0 Å². The standard InChI is InChI=1S/C13H17NO3S/c1-13(6-7-17-9-13)14-11-8-18(15,16)12-5-3-2-4-10(11)12/h2-5,11,14H,6-9H2,1H3. The molecule has 0 amide bonds. The number of nitrogens with one attached hydrogen (secondary N) is 1. The number of ether oxygens (including phenoxy) is 1. The Bertz CT molecular complexity index is 561. The van der Waals surface area contributed by atoms with E-state index in [1.54, 1.807) is 12.1 Å². The Morgan fingerprint density at radius 3 is 2.89 bits per heavy atom. The number of fused-ring (bicyclic) bond motifs is 1. The van der Waals surface area contributed by atoms with E-state index in [1.807, 2.05) is 12.1 Å². The molecule has 0 aromatic heterocycles. The normalized spacial score (nSPS) is 33.5. The van der Waals surface area contributed by atoms with Crippen LogP contribution in [0.3, 0.4) is 0 Å². The molecule has 2 atom stereocenters. The van der Waals surface area contributed by atoms with E-state index in [4.69, 9.17) is 4.74 Å². The fourth-order valence-corrected chi connectivity index (χ4v) is 4.51. The maximum absolute atomic E-state index is 12.1. The van der Waals surface area contributed by atoms with Crippen LogP contribution >= 0.6 is 0 Å². The third-order valence-electron chi connectivity index (χ3n) is 3.76. The van der Waals surface area contributed by atoms with Gasteiger partial charge in [-0.3, -0.25) is 0 Å². The van der Waals surface area contributed by atoms with Crippen LogP contribution in [0.25, 0.3) is 0 Å². The zero-order chi connectivity index (χ0) is 12.8. The molecule has 3 rings (SSSR count). The van der Waals surface area contributed by atoms with Gasteiger partial charge in [0.25, 0.3) is 0 Å². The summed E-state index contributed by atoms with van der Waals surface area (Å²) < 4.78 is 29.5. The van der Waals surface area contributed by atoms with Gasteiger partial charge < -0.3 is 10.1 Å². The highest BCUT2D eigenvalue weighted by molar-refractivity contribution is 7.91. The fraction of sp³-hybridized carbons (Fsp3) is 0.538. The maximum atomic E-state index is 12.1. The third-order valence-corrected chi connectivity index (χ3v) is 5.57. The molecule has 1 aromatic carbocycles. The smallest absolute Gasteiger partial charge is 0.180 e. The Morgan fingerprint density at radius 1 is 1.39 bits per heavy atom. The Kier molecular flexibility index (Phi) is 2.73. The predicted molar refractivity (Wildman–Crippen MR) is 68.2 cm³/mol. The molecule has 0 radical (unpaired) electrons. The van der Waals surface area contributed by atoms with E-state index in [-0.39, 0.29) is 17.3 Å². The minimum absolute atomic E-state index is 0.113.